The number of hydrogen-bond donors (Lipinski definition) is 1. The van der Waals surface area contributed by atoms with Gasteiger partial charge in [0.1, 0.15) is 29.2 Å². The van der Waals surface area contributed by atoms with Crippen LogP contribution in [-0.2, 0) is 16.4 Å². The van der Waals surface area contributed by atoms with Crippen LogP contribution in [0.25, 0.3) is 16.7 Å². The van der Waals surface area contributed by atoms with E-state index in [9.17, 15) is 5.11 Å². The molecule has 1 N–H and O–H groups in total. The normalized spacial score (nSPS) is 14.4. The molecule has 1 aliphatic rings. The summed E-state index contributed by atoms with van der Waals surface area (Å²) in [7, 11) is 1.66. The summed E-state index contributed by atoms with van der Waals surface area (Å²) >= 11 is 0. The van der Waals surface area contributed by atoms with Crippen molar-refractivity contribution < 1.29 is 14.6 Å². The van der Waals surface area contributed by atoms with Crippen LogP contribution in [0.5, 0.6) is 17.2 Å². The second-order valence-corrected chi connectivity index (χ2v) is 12.7. The highest BCUT2D eigenvalue weighted by Crippen LogP contribution is 2.53. The van der Waals surface area contributed by atoms with Crippen LogP contribution in [0.3, 0.4) is 0 Å². The van der Waals surface area contributed by atoms with Gasteiger partial charge in [0, 0.05) is 22.8 Å². The number of imidazole rings is 1. The number of methoxy groups -OCH3 is 1. The monoisotopic (exact) mass is 532 g/mol. The minimum atomic E-state index is -1.52. The van der Waals surface area contributed by atoms with Gasteiger partial charge >= 0.3 is 0 Å². The Balaban J connectivity index is 1.72. The largest absolute Gasteiger partial charge is 0.497 e. The van der Waals surface area contributed by atoms with Crippen molar-refractivity contribution in [2.75, 3.05) is 7.11 Å². The molecule has 6 rings (SSSR count). The third kappa shape index (κ3) is 4.08. The predicted molar refractivity (Wildman–Crippen MR) is 160 cm³/mol. The van der Waals surface area contributed by atoms with E-state index >= 15 is 0 Å². The van der Waals surface area contributed by atoms with E-state index < -0.39 is 5.60 Å². The molecule has 0 bridgehead atoms. The Morgan fingerprint density at radius 2 is 1.35 bits per heavy atom. The molecule has 204 valence electrons. The number of para-hydroxylation sites is 2. The third-order valence-corrected chi connectivity index (χ3v) is 8.00. The van der Waals surface area contributed by atoms with Crippen LogP contribution in [0.15, 0.2) is 85.2 Å². The van der Waals surface area contributed by atoms with Gasteiger partial charge in [-0.15, -0.1) is 0 Å². The number of benzene rings is 4. The maximum Gasteiger partial charge on any atom is 0.149 e. The zero-order chi connectivity index (χ0) is 28.4. The van der Waals surface area contributed by atoms with Gasteiger partial charge in [0.05, 0.1) is 23.8 Å². The summed E-state index contributed by atoms with van der Waals surface area (Å²) in [5.74, 6) is 1.98. The molecule has 1 aromatic heterocycles. The topological polar surface area (TPSA) is 56.5 Å². The fraction of sp³-hybridized carbons (Fsp3) is 0.286. The number of ether oxygens (including phenoxy) is 2. The van der Waals surface area contributed by atoms with Gasteiger partial charge in [-0.25, -0.2) is 4.98 Å². The molecule has 0 atom stereocenters. The smallest absolute Gasteiger partial charge is 0.149 e. The van der Waals surface area contributed by atoms with E-state index in [1.165, 1.54) is 0 Å². The Bertz CT molecular complexity index is 1690. The molecular formula is C35H36N2O3. The van der Waals surface area contributed by atoms with E-state index in [-0.39, 0.29) is 10.8 Å². The highest BCUT2D eigenvalue weighted by molar-refractivity contribution is 5.78. The Kier molecular flexibility index (Phi) is 5.86. The lowest BCUT2D eigenvalue weighted by atomic mass is 9.73. The van der Waals surface area contributed by atoms with Crippen molar-refractivity contribution in [3.8, 4) is 22.9 Å². The van der Waals surface area contributed by atoms with Gasteiger partial charge in [-0.3, -0.25) is 4.57 Å². The minimum absolute atomic E-state index is 0.118. The standard InChI is InChI=1S/C35H36N2O3/c1-33(2,3)22-12-16-31-26(18-22)35(38,27-19-23(34(4,5)6)13-17-32(27)40-31)25-15-14-24(39-7)20-30(25)37-21-36-28-10-8-9-11-29(28)37/h8-21,38H,1-7H3. The van der Waals surface area contributed by atoms with Gasteiger partial charge in [-0.1, -0.05) is 65.8 Å². The lowest BCUT2D eigenvalue weighted by Crippen LogP contribution is -2.34. The molecule has 0 spiro atoms. The van der Waals surface area contributed by atoms with Gasteiger partial charge in [0.15, 0.2) is 0 Å². The molecule has 40 heavy (non-hydrogen) atoms. The number of nitrogens with zero attached hydrogens (tertiary/aromatic N) is 2. The van der Waals surface area contributed by atoms with Crippen molar-refractivity contribution in [3.63, 3.8) is 0 Å². The Hall–Kier alpha value is -4.09. The zero-order valence-electron chi connectivity index (χ0n) is 24.2. The van der Waals surface area contributed by atoms with Crippen LogP contribution in [0.2, 0.25) is 0 Å². The van der Waals surface area contributed by atoms with Gasteiger partial charge in [-0.05, 0) is 70.5 Å². The van der Waals surface area contributed by atoms with Crippen molar-refractivity contribution >= 4 is 11.0 Å². The lowest BCUT2D eigenvalue weighted by Gasteiger charge is -2.39. The van der Waals surface area contributed by atoms with E-state index in [0.29, 0.717) is 28.4 Å². The summed E-state index contributed by atoms with van der Waals surface area (Å²) in [6.45, 7) is 13.1. The maximum atomic E-state index is 13.3. The quantitative estimate of drug-likeness (QED) is 0.256. The molecule has 0 unspecified atom stereocenters. The SMILES string of the molecule is COc1ccc(C2(O)c3cc(C(C)(C)C)ccc3Oc3ccc(C(C)(C)C)cc32)c(-n2cnc3ccccc32)c1. The Morgan fingerprint density at radius 1 is 0.750 bits per heavy atom. The molecule has 0 saturated heterocycles. The van der Waals surface area contributed by atoms with Crippen LogP contribution in [0, 0.1) is 0 Å². The molecular weight excluding hydrogens is 496 g/mol. The number of aromatic nitrogens is 2. The minimum Gasteiger partial charge on any atom is -0.497 e. The van der Waals surface area contributed by atoms with E-state index in [0.717, 1.165) is 33.4 Å². The van der Waals surface area contributed by atoms with E-state index in [1.807, 2.05) is 65.5 Å². The molecule has 1 aliphatic heterocycles. The highest BCUT2D eigenvalue weighted by atomic mass is 16.5. The van der Waals surface area contributed by atoms with Crippen LogP contribution in [0.1, 0.15) is 69.4 Å². The molecule has 5 heteroatoms. The first kappa shape index (κ1) is 26.1. The van der Waals surface area contributed by atoms with Crippen molar-refractivity contribution in [2.24, 2.45) is 0 Å². The zero-order valence-corrected chi connectivity index (χ0v) is 24.2. The fourth-order valence-electron chi connectivity index (χ4n) is 5.59. The van der Waals surface area contributed by atoms with E-state index in [4.69, 9.17) is 9.47 Å². The maximum absolute atomic E-state index is 13.3. The van der Waals surface area contributed by atoms with Crippen molar-refractivity contribution in [3.05, 3.63) is 113 Å². The molecule has 0 amide bonds. The second-order valence-electron chi connectivity index (χ2n) is 12.7. The van der Waals surface area contributed by atoms with Crippen LogP contribution >= 0.6 is 0 Å². The number of aliphatic hydroxyl groups is 1. The van der Waals surface area contributed by atoms with Gasteiger partial charge < -0.3 is 14.6 Å². The van der Waals surface area contributed by atoms with Gasteiger partial charge in [0.25, 0.3) is 0 Å². The molecule has 0 aliphatic carbocycles. The summed E-state index contributed by atoms with van der Waals surface area (Å²) < 4.78 is 14.2. The first-order chi connectivity index (χ1) is 18.9. The summed E-state index contributed by atoms with van der Waals surface area (Å²) in [5.41, 5.74) is 5.25. The first-order valence-corrected chi connectivity index (χ1v) is 13.7. The molecule has 0 radical (unpaired) electrons. The number of rotatable bonds is 3. The fourth-order valence-corrected chi connectivity index (χ4v) is 5.59. The van der Waals surface area contributed by atoms with Crippen LogP contribution in [-0.4, -0.2) is 21.8 Å². The predicted octanol–water partition coefficient (Wildman–Crippen LogP) is 8.02. The third-order valence-electron chi connectivity index (χ3n) is 8.00. The molecule has 2 heterocycles. The molecule has 5 aromatic rings. The molecule has 5 nitrogen and oxygen atoms in total. The van der Waals surface area contributed by atoms with Gasteiger partial charge in [0.2, 0.25) is 0 Å². The van der Waals surface area contributed by atoms with Crippen LogP contribution in [0.4, 0.5) is 0 Å². The average molecular weight is 533 g/mol. The van der Waals surface area contributed by atoms with Crippen LogP contribution < -0.4 is 9.47 Å². The average Bonchev–Trinajstić information content (AvgIpc) is 3.35. The summed E-state index contributed by atoms with van der Waals surface area (Å²) in [4.78, 5) is 4.66. The Morgan fingerprint density at radius 3 is 1.93 bits per heavy atom. The number of fused-ring (bicyclic) bond motifs is 3. The summed E-state index contributed by atoms with van der Waals surface area (Å²) in [5, 5.41) is 13.3. The van der Waals surface area contributed by atoms with Crippen molar-refractivity contribution in [2.45, 2.75) is 58.0 Å². The number of hydrogen-bond acceptors (Lipinski definition) is 4. The Labute approximate surface area is 236 Å². The molecule has 0 saturated carbocycles. The highest BCUT2D eigenvalue weighted by Gasteiger charge is 2.45. The van der Waals surface area contributed by atoms with Gasteiger partial charge in [-0.2, -0.15) is 0 Å². The van der Waals surface area contributed by atoms with E-state index in [1.54, 1.807) is 7.11 Å². The summed E-state index contributed by atoms with van der Waals surface area (Å²) in [6, 6.07) is 26.2. The van der Waals surface area contributed by atoms with Crippen molar-refractivity contribution in [1.82, 2.24) is 9.55 Å². The van der Waals surface area contributed by atoms with E-state index in [2.05, 4.69) is 70.8 Å². The summed E-state index contributed by atoms with van der Waals surface area (Å²) in [6.07, 6.45) is 1.81. The second kappa shape index (κ2) is 8.97. The first-order valence-electron chi connectivity index (χ1n) is 13.7. The molecule has 0 fully saturated rings. The van der Waals surface area contributed by atoms with Crippen molar-refractivity contribution in [1.29, 1.82) is 0 Å². The lowest BCUT2D eigenvalue weighted by molar-refractivity contribution is 0.112. The molecule has 4 aromatic carbocycles.